The van der Waals surface area contributed by atoms with Crippen LogP contribution in [0.3, 0.4) is 0 Å². The van der Waals surface area contributed by atoms with Crippen LogP contribution in [-0.2, 0) is 4.79 Å². The van der Waals surface area contributed by atoms with Gasteiger partial charge in [0.2, 0.25) is 5.91 Å². The van der Waals surface area contributed by atoms with Crippen molar-refractivity contribution in [3.05, 3.63) is 119 Å². The zero-order chi connectivity index (χ0) is 26.6. The first kappa shape index (κ1) is 24.4. The Morgan fingerprint density at radius 3 is 2.16 bits per heavy atom. The molecule has 0 saturated carbocycles. The van der Waals surface area contributed by atoms with Crippen LogP contribution >= 0.6 is 0 Å². The van der Waals surface area contributed by atoms with Crippen LogP contribution in [0.25, 0.3) is 22.2 Å². The second-order valence-electron chi connectivity index (χ2n) is 8.57. The van der Waals surface area contributed by atoms with Crippen molar-refractivity contribution in [2.45, 2.75) is 12.0 Å². The number of nitrogens with zero attached hydrogens (tertiary/aromatic N) is 1. The van der Waals surface area contributed by atoms with E-state index in [1.165, 1.54) is 24.7 Å². The molecule has 2 amide bonds. The number of carboxylic acid groups (broad SMARTS) is 1. The Morgan fingerprint density at radius 1 is 0.895 bits per heavy atom. The van der Waals surface area contributed by atoms with E-state index in [0.717, 1.165) is 17.2 Å². The number of fused-ring (bicyclic) bond motifs is 1. The number of imidazole rings is 1. The SMILES string of the molecule is O=C(O)N[C@H](C(=O)Nc1ccc(-c2c[nH]c(=O)c3[nH]cnc23)c(F)c1)C(c1ccccc1)c1ccccc1. The summed E-state index contributed by atoms with van der Waals surface area (Å²) in [6.45, 7) is 0. The van der Waals surface area contributed by atoms with Crippen LogP contribution in [0.2, 0.25) is 0 Å². The van der Waals surface area contributed by atoms with Crippen LogP contribution in [0.4, 0.5) is 14.9 Å². The molecule has 0 aliphatic carbocycles. The molecule has 0 bridgehead atoms. The molecular weight excluding hydrogens is 489 g/mol. The van der Waals surface area contributed by atoms with E-state index in [-0.39, 0.29) is 22.3 Å². The maximum absolute atomic E-state index is 15.2. The minimum atomic E-state index is -1.37. The molecule has 190 valence electrons. The van der Waals surface area contributed by atoms with Gasteiger partial charge in [0.1, 0.15) is 22.9 Å². The molecule has 0 fully saturated rings. The van der Waals surface area contributed by atoms with Crippen molar-refractivity contribution in [2.24, 2.45) is 0 Å². The number of pyridine rings is 1. The van der Waals surface area contributed by atoms with Crippen molar-refractivity contribution >= 4 is 28.7 Å². The Kier molecular flexibility index (Phi) is 6.68. The molecule has 0 unspecified atom stereocenters. The Balaban J connectivity index is 1.48. The number of amides is 2. The van der Waals surface area contributed by atoms with Gasteiger partial charge in [0, 0.05) is 28.9 Å². The Hall–Kier alpha value is -5.25. The van der Waals surface area contributed by atoms with Crippen LogP contribution in [0, 0.1) is 5.82 Å². The predicted octanol–water partition coefficient (Wildman–Crippen LogP) is 4.46. The largest absolute Gasteiger partial charge is 0.465 e. The lowest BCUT2D eigenvalue weighted by Crippen LogP contribution is -2.47. The van der Waals surface area contributed by atoms with Crippen molar-refractivity contribution < 1.29 is 19.1 Å². The van der Waals surface area contributed by atoms with E-state index in [4.69, 9.17) is 0 Å². The van der Waals surface area contributed by atoms with Gasteiger partial charge in [-0.15, -0.1) is 0 Å². The summed E-state index contributed by atoms with van der Waals surface area (Å²) in [5, 5.41) is 14.5. The average molecular weight is 512 g/mol. The van der Waals surface area contributed by atoms with Gasteiger partial charge in [-0.25, -0.2) is 14.2 Å². The highest BCUT2D eigenvalue weighted by molar-refractivity contribution is 5.98. The van der Waals surface area contributed by atoms with Crippen molar-refractivity contribution in [3.8, 4) is 11.1 Å². The van der Waals surface area contributed by atoms with E-state index < -0.39 is 29.8 Å². The summed E-state index contributed by atoms with van der Waals surface area (Å²) < 4.78 is 15.2. The van der Waals surface area contributed by atoms with Crippen LogP contribution in [0.1, 0.15) is 17.0 Å². The average Bonchev–Trinajstić information content (AvgIpc) is 3.41. The summed E-state index contributed by atoms with van der Waals surface area (Å²) >= 11 is 0. The van der Waals surface area contributed by atoms with Crippen molar-refractivity contribution in [2.75, 3.05) is 5.32 Å². The Morgan fingerprint density at radius 2 is 1.55 bits per heavy atom. The fraction of sp³-hybridized carbons (Fsp3) is 0.0714. The van der Waals surface area contributed by atoms with Gasteiger partial charge >= 0.3 is 6.09 Å². The maximum Gasteiger partial charge on any atom is 0.405 e. The highest BCUT2D eigenvalue weighted by Gasteiger charge is 2.32. The molecule has 0 saturated heterocycles. The van der Waals surface area contributed by atoms with E-state index in [9.17, 15) is 19.5 Å². The van der Waals surface area contributed by atoms with Gasteiger partial charge < -0.3 is 25.7 Å². The molecule has 0 aliphatic rings. The van der Waals surface area contributed by atoms with Crippen LogP contribution < -0.4 is 16.2 Å². The van der Waals surface area contributed by atoms with Gasteiger partial charge in [0.05, 0.1) is 6.33 Å². The molecule has 9 nitrogen and oxygen atoms in total. The van der Waals surface area contributed by atoms with Gasteiger partial charge in [0.25, 0.3) is 5.56 Å². The number of nitrogens with one attached hydrogen (secondary N) is 4. The molecule has 38 heavy (non-hydrogen) atoms. The van der Waals surface area contributed by atoms with E-state index in [1.54, 1.807) is 0 Å². The van der Waals surface area contributed by atoms with Gasteiger partial charge in [-0.3, -0.25) is 9.59 Å². The van der Waals surface area contributed by atoms with E-state index >= 15 is 4.39 Å². The highest BCUT2D eigenvalue weighted by atomic mass is 19.1. The summed E-state index contributed by atoms with van der Waals surface area (Å²) in [5.41, 5.74) is 2.28. The molecule has 0 radical (unpaired) electrons. The quantitative estimate of drug-likeness (QED) is 0.219. The molecule has 3 aromatic carbocycles. The third-order valence-corrected chi connectivity index (χ3v) is 6.21. The van der Waals surface area contributed by atoms with Gasteiger partial charge in [-0.2, -0.15) is 0 Å². The minimum Gasteiger partial charge on any atom is -0.465 e. The first-order valence-electron chi connectivity index (χ1n) is 11.7. The highest BCUT2D eigenvalue weighted by Crippen LogP contribution is 2.31. The number of aromatic amines is 2. The van der Waals surface area contributed by atoms with Crippen LogP contribution in [-0.4, -0.2) is 38.1 Å². The second-order valence-corrected chi connectivity index (χ2v) is 8.57. The van der Waals surface area contributed by atoms with Gasteiger partial charge in [-0.05, 0) is 29.3 Å². The normalized spacial score (nSPS) is 11.8. The van der Waals surface area contributed by atoms with Gasteiger partial charge in [-0.1, -0.05) is 60.7 Å². The number of hydrogen-bond acceptors (Lipinski definition) is 4. The summed E-state index contributed by atoms with van der Waals surface area (Å²) in [4.78, 5) is 46.6. The molecule has 0 aliphatic heterocycles. The Labute approximate surface area is 215 Å². The van der Waals surface area contributed by atoms with Crippen molar-refractivity contribution in [1.82, 2.24) is 20.3 Å². The first-order valence-corrected chi connectivity index (χ1v) is 11.7. The zero-order valence-corrected chi connectivity index (χ0v) is 19.8. The van der Waals surface area contributed by atoms with E-state index in [0.29, 0.717) is 11.1 Å². The lowest BCUT2D eigenvalue weighted by atomic mass is 9.84. The molecule has 2 heterocycles. The Bertz CT molecular complexity index is 1630. The number of rotatable bonds is 7. The molecular formula is C28H22FN5O4. The molecule has 1 atom stereocenters. The molecule has 0 spiro atoms. The first-order chi connectivity index (χ1) is 18.4. The topological polar surface area (TPSA) is 140 Å². The monoisotopic (exact) mass is 511 g/mol. The third-order valence-electron chi connectivity index (χ3n) is 6.21. The summed E-state index contributed by atoms with van der Waals surface area (Å²) in [7, 11) is 0. The molecule has 10 heteroatoms. The number of anilines is 1. The molecule has 5 aromatic rings. The molecule has 2 aromatic heterocycles. The number of aromatic nitrogens is 3. The number of carbonyl (C=O) groups is 2. The minimum absolute atomic E-state index is 0.135. The number of hydrogen-bond donors (Lipinski definition) is 5. The lowest BCUT2D eigenvalue weighted by Gasteiger charge is -2.27. The van der Waals surface area contributed by atoms with E-state index in [1.807, 2.05) is 60.7 Å². The molecule has 5 N–H and O–H groups in total. The predicted molar refractivity (Wildman–Crippen MR) is 140 cm³/mol. The van der Waals surface area contributed by atoms with Gasteiger partial charge in [0.15, 0.2) is 0 Å². The second kappa shape index (κ2) is 10.4. The maximum atomic E-state index is 15.2. The van der Waals surface area contributed by atoms with Crippen LogP contribution in [0.5, 0.6) is 0 Å². The number of halogens is 1. The summed E-state index contributed by atoms with van der Waals surface area (Å²) in [6.07, 6.45) is 1.35. The van der Waals surface area contributed by atoms with Crippen LogP contribution in [0.15, 0.2) is 96.2 Å². The number of H-pyrrole nitrogens is 2. The third kappa shape index (κ3) is 4.87. The zero-order valence-electron chi connectivity index (χ0n) is 19.8. The fourth-order valence-electron chi connectivity index (χ4n) is 4.52. The van der Waals surface area contributed by atoms with Crippen molar-refractivity contribution in [3.63, 3.8) is 0 Å². The number of carbonyl (C=O) groups excluding carboxylic acids is 1. The molecule has 5 rings (SSSR count). The fourth-order valence-corrected chi connectivity index (χ4v) is 4.52. The smallest absolute Gasteiger partial charge is 0.405 e. The van der Waals surface area contributed by atoms with Crippen molar-refractivity contribution in [1.29, 1.82) is 0 Å². The summed E-state index contributed by atoms with van der Waals surface area (Å²) in [5.74, 6) is -1.97. The number of benzene rings is 3. The summed E-state index contributed by atoms with van der Waals surface area (Å²) in [6, 6.07) is 21.0. The lowest BCUT2D eigenvalue weighted by molar-refractivity contribution is -0.118. The van der Waals surface area contributed by atoms with E-state index in [2.05, 4.69) is 25.6 Å². The standard InChI is InChI=1S/C28H22FN5O4/c29-21-13-18(11-12-19(21)20-14-30-26(35)25-23(20)31-15-32-25)33-27(36)24(34-28(37)38)22(16-7-3-1-4-8-16)17-9-5-2-6-10-17/h1-15,22,24,34H,(H,30,35)(H,31,32)(H,33,36)(H,37,38)/t24-/m0/s1.